The zero-order chi connectivity index (χ0) is 33.0. The Labute approximate surface area is 283 Å². The van der Waals surface area contributed by atoms with Crippen LogP contribution in [-0.4, -0.2) is 11.7 Å². The van der Waals surface area contributed by atoms with Gasteiger partial charge < -0.3 is 0 Å². The largest absolute Gasteiger partial charge is 0.205 e. The van der Waals surface area contributed by atoms with E-state index >= 15 is 0 Å². The third-order valence-corrected chi connectivity index (χ3v) is 9.32. The van der Waals surface area contributed by atoms with Crippen molar-refractivity contribution in [2.24, 2.45) is 5.11 Å². The molecule has 2 nitrogen and oxygen atoms in total. The Morgan fingerprint density at radius 2 is 1.15 bits per heavy atom. The third kappa shape index (κ3) is 8.83. The number of azo groups is 2. The van der Waals surface area contributed by atoms with Crippen LogP contribution < -0.4 is 0 Å². The molecule has 2 heteroatoms. The number of nitrogens with zero attached hydrogens (tertiary/aromatic N) is 2. The molecule has 47 heavy (non-hydrogen) atoms. The first-order valence-electron chi connectivity index (χ1n) is 17.6. The van der Waals surface area contributed by atoms with Crippen LogP contribution in [0.5, 0.6) is 0 Å². The summed E-state index contributed by atoms with van der Waals surface area (Å²) in [5.74, 6) is 0. The maximum atomic E-state index is 5.16. The summed E-state index contributed by atoms with van der Waals surface area (Å²) in [6.45, 7) is 8.95. The van der Waals surface area contributed by atoms with Gasteiger partial charge in [-0.05, 0) is 111 Å². The van der Waals surface area contributed by atoms with Crippen LogP contribution in [0, 0.1) is 6.92 Å². The molecule has 5 aromatic carbocycles. The van der Waals surface area contributed by atoms with Crippen LogP contribution in [0.15, 0.2) is 126 Å². The summed E-state index contributed by atoms with van der Waals surface area (Å²) in [5.41, 5.74) is 15.0. The van der Waals surface area contributed by atoms with E-state index in [1.54, 1.807) is 0 Å². The van der Waals surface area contributed by atoms with Crippen molar-refractivity contribution in [3.63, 3.8) is 0 Å². The lowest BCUT2D eigenvalue weighted by molar-refractivity contribution is -0.510. The predicted octanol–water partition coefficient (Wildman–Crippen LogP) is 13.2. The number of aryl methyl sites for hydroxylation is 1. The van der Waals surface area contributed by atoms with Crippen LogP contribution in [0.2, 0.25) is 0 Å². The summed E-state index contributed by atoms with van der Waals surface area (Å²) in [7, 11) is 2.06. The maximum Gasteiger partial charge on any atom is 0.205 e. The molecule has 0 aliphatic carbocycles. The molecule has 0 fully saturated rings. The van der Waals surface area contributed by atoms with Gasteiger partial charge in [0.05, 0.1) is 0 Å². The van der Waals surface area contributed by atoms with Crippen LogP contribution in [0.25, 0.3) is 39.5 Å². The van der Waals surface area contributed by atoms with E-state index in [4.69, 9.17) is 5.11 Å². The summed E-state index contributed by atoms with van der Waals surface area (Å²) < 4.78 is 2.03. The van der Waals surface area contributed by atoms with Gasteiger partial charge in [-0.25, -0.2) is 0 Å². The van der Waals surface area contributed by atoms with E-state index in [0.717, 1.165) is 24.2 Å². The summed E-state index contributed by atoms with van der Waals surface area (Å²) in [6, 6.07) is 41.5. The summed E-state index contributed by atoms with van der Waals surface area (Å²) >= 11 is 0. The van der Waals surface area contributed by atoms with Crippen LogP contribution >= 0.6 is 0 Å². The van der Waals surface area contributed by atoms with Crippen LogP contribution in [0.1, 0.15) is 81.5 Å². The molecule has 0 saturated heterocycles. The number of hydrogen-bond donors (Lipinski definition) is 0. The lowest BCUT2D eigenvalue weighted by Crippen LogP contribution is -2.01. The van der Waals surface area contributed by atoms with E-state index in [1.807, 2.05) is 4.70 Å². The average molecular weight is 620 g/mol. The van der Waals surface area contributed by atoms with E-state index < -0.39 is 0 Å². The molecule has 0 aliphatic heterocycles. The van der Waals surface area contributed by atoms with Gasteiger partial charge in [0.25, 0.3) is 0 Å². The molecule has 240 valence electrons. The highest BCUT2D eigenvalue weighted by molar-refractivity contribution is 5.81. The second-order valence-corrected chi connectivity index (χ2v) is 12.8. The Balaban J connectivity index is 1.51. The van der Waals surface area contributed by atoms with Crippen LogP contribution in [0.3, 0.4) is 0 Å². The van der Waals surface area contributed by atoms with E-state index in [0.29, 0.717) is 0 Å². The van der Waals surface area contributed by atoms with E-state index in [-0.39, 0.29) is 0 Å². The molecule has 5 aromatic rings. The van der Waals surface area contributed by atoms with Gasteiger partial charge in [-0.15, -0.1) is 0 Å². The maximum absolute atomic E-state index is 5.16. The normalized spacial score (nSPS) is 12.0. The number of allylic oxidation sites excluding steroid dienone is 1. The zero-order valence-corrected chi connectivity index (χ0v) is 29.1. The predicted molar refractivity (Wildman–Crippen MR) is 202 cm³/mol. The molecule has 0 radical (unpaired) electrons. The van der Waals surface area contributed by atoms with Gasteiger partial charge in [0.2, 0.25) is 5.70 Å². The third-order valence-electron chi connectivity index (χ3n) is 9.32. The van der Waals surface area contributed by atoms with Gasteiger partial charge in [0.1, 0.15) is 5.69 Å². The Bertz CT molecular complexity index is 1740. The Kier molecular flexibility index (Phi) is 12.1. The molecule has 0 bridgehead atoms. The minimum Gasteiger partial charge on any atom is -0.0909 e. The minimum absolute atomic E-state index is 1.00. The minimum atomic E-state index is 1.00. The molecule has 0 aromatic heterocycles. The molecule has 0 atom stereocenters. The van der Waals surface area contributed by atoms with Gasteiger partial charge in [-0.2, -0.15) is 0 Å². The highest BCUT2D eigenvalue weighted by Gasteiger charge is 2.16. The molecule has 0 saturated carbocycles. The fourth-order valence-corrected chi connectivity index (χ4v) is 6.58. The molecular weight excluding hydrogens is 569 g/mol. The zero-order valence-electron chi connectivity index (χ0n) is 29.1. The second kappa shape index (κ2) is 16.8. The van der Waals surface area contributed by atoms with Crippen LogP contribution in [0.4, 0.5) is 5.69 Å². The van der Waals surface area contributed by atoms with Gasteiger partial charge in [0, 0.05) is 13.0 Å². The van der Waals surface area contributed by atoms with E-state index in [2.05, 4.69) is 156 Å². The van der Waals surface area contributed by atoms with Crippen molar-refractivity contribution in [3.8, 4) is 33.4 Å². The van der Waals surface area contributed by atoms with E-state index in [1.165, 1.54) is 94.2 Å². The second-order valence-electron chi connectivity index (χ2n) is 12.8. The van der Waals surface area contributed by atoms with Gasteiger partial charge in [-0.3, -0.25) is 0 Å². The van der Waals surface area contributed by atoms with Crippen molar-refractivity contribution < 1.29 is 4.70 Å². The Hall–Kier alpha value is -4.56. The molecule has 5 rings (SSSR count). The fraction of sp³-hybridized carbons (Fsp3) is 0.289. The summed E-state index contributed by atoms with van der Waals surface area (Å²) in [5, 5.41) is 5.16. The molecule has 0 spiro atoms. The number of unbranched alkanes of at least 4 members (excludes halogenated alkanes) is 5. The van der Waals surface area contributed by atoms with Crippen molar-refractivity contribution in [1.29, 1.82) is 0 Å². The van der Waals surface area contributed by atoms with Gasteiger partial charge in [-0.1, -0.05) is 142 Å². The smallest absolute Gasteiger partial charge is 0.0909 e. The average Bonchev–Trinajstić information content (AvgIpc) is 3.11. The van der Waals surface area contributed by atoms with Gasteiger partial charge in [0.15, 0.2) is 7.05 Å². The molecule has 0 heterocycles. The van der Waals surface area contributed by atoms with Crippen LogP contribution in [-0.2, 0) is 12.8 Å². The monoisotopic (exact) mass is 619 g/mol. The summed E-state index contributed by atoms with van der Waals surface area (Å²) in [4.78, 5) is 0. The fourth-order valence-electron chi connectivity index (χ4n) is 6.58. The van der Waals surface area contributed by atoms with Crippen molar-refractivity contribution >= 4 is 11.8 Å². The molecule has 0 unspecified atom stereocenters. The van der Waals surface area contributed by atoms with Gasteiger partial charge >= 0.3 is 0 Å². The Morgan fingerprint density at radius 1 is 0.638 bits per heavy atom. The molecule has 0 N–H and O–H groups in total. The van der Waals surface area contributed by atoms with Crippen molar-refractivity contribution in [1.82, 2.24) is 0 Å². The highest BCUT2D eigenvalue weighted by atomic mass is 15.2. The lowest BCUT2D eigenvalue weighted by Gasteiger charge is -2.16. The number of benzene rings is 5. The SMILES string of the molecule is CCCCCCCCc1c(CC)cc(N=[N+](C)C(C)=Cc2cc(-c3ccccc3)c(C)c(-c3ccccc3)c2)cc1-c1ccccc1. The van der Waals surface area contributed by atoms with Crippen molar-refractivity contribution in [3.05, 3.63) is 143 Å². The first-order chi connectivity index (χ1) is 23.0. The first-order valence-corrected chi connectivity index (χ1v) is 17.6. The quantitative estimate of drug-likeness (QED) is 0.0667. The van der Waals surface area contributed by atoms with Crippen molar-refractivity contribution in [2.45, 2.75) is 79.1 Å². The molecular formula is C45H51N2+. The number of rotatable bonds is 14. The van der Waals surface area contributed by atoms with E-state index in [9.17, 15) is 0 Å². The standard InChI is InChI=1S/C45H51N2/c1-6-8-9-10-11-21-28-42-37(7-2)32-41(33-45(42)40-26-19-14-20-27-40)46-47(5)34(3)29-36-30-43(38-22-15-12-16-23-38)35(4)44(31-36)39-24-17-13-18-25-39/h12-20,22-27,29-33H,6-11,21,28H2,1-5H3/q+1. The van der Waals surface area contributed by atoms with Crippen molar-refractivity contribution in [2.75, 3.05) is 7.05 Å². The molecule has 0 aliphatic rings. The number of hydrogen-bond acceptors (Lipinski definition) is 1. The topological polar surface area (TPSA) is 15.4 Å². The molecule has 0 amide bonds. The first kappa shape index (κ1) is 33.8. The Morgan fingerprint density at radius 3 is 1.68 bits per heavy atom. The highest BCUT2D eigenvalue weighted by Crippen LogP contribution is 2.35. The summed E-state index contributed by atoms with van der Waals surface area (Å²) in [6.07, 6.45) is 12.2. The lowest BCUT2D eigenvalue weighted by atomic mass is 9.90.